The number of para-hydroxylation sites is 1. The number of nitrogens with zero attached hydrogens (tertiary/aromatic N) is 5. The number of rotatable bonds is 7. The molecular formula is C23H25FN6O. The minimum absolute atomic E-state index is 0.179. The molecule has 160 valence electrons. The van der Waals surface area contributed by atoms with E-state index in [1.165, 1.54) is 16.9 Å². The second-order valence-electron chi connectivity index (χ2n) is 7.76. The highest BCUT2D eigenvalue weighted by Gasteiger charge is 2.21. The molecule has 4 aromatic rings. The summed E-state index contributed by atoms with van der Waals surface area (Å²) in [6.45, 7) is 7.23. The van der Waals surface area contributed by atoms with E-state index in [0.717, 1.165) is 11.4 Å². The van der Waals surface area contributed by atoms with Crippen LogP contribution in [0.1, 0.15) is 28.7 Å². The number of halogens is 1. The Kier molecular flexibility index (Phi) is 5.70. The molecule has 8 heteroatoms. The third-order valence-corrected chi connectivity index (χ3v) is 5.12. The van der Waals surface area contributed by atoms with Gasteiger partial charge in [0.25, 0.3) is 5.91 Å². The molecule has 7 nitrogen and oxygen atoms in total. The molecule has 1 atom stereocenters. The first kappa shape index (κ1) is 20.6. The van der Waals surface area contributed by atoms with Crippen LogP contribution in [-0.2, 0) is 6.54 Å². The summed E-state index contributed by atoms with van der Waals surface area (Å²) in [6.07, 6.45) is 5.08. The highest BCUT2D eigenvalue weighted by molar-refractivity contribution is 5.97. The molecule has 0 aliphatic rings. The molecule has 0 bridgehead atoms. The summed E-state index contributed by atoms with van der Waals surface area (Å²) in [6, 6.07) is 12.1. The number of amides is 1. The number of aryl methyl sites for hydroxylation is 2. The van der Waals surface area contributed by atoms with Crippen molar-refractivity contribution in [3.63, 3.8) is 0 Å². The fraction of sp³-hybridized carbons (Fsp3) is 0.261. The summed E-state index contributed by atoms with van der Waals surface area (Å²) in [5, 5.41) is 11.8. The topological polar surface area (TPSA) is 69.7 Å². The summed E-state index contributed by atoms with van der Waals surface area (Å²) >= 11 is 0. The van der Waals surface area contributed by atoms with Crippen molar-refractivity contribution >= 4 is 5.91 Å². The predicted octanol–water partition coefficient (Wildman–Crippen LogP) is 3.68. The number of nitrogens with one attached hydrogen (secondary N) is 1. The van der Waals surface area contributed by atoms with Crippen molar-refractivity contribution in [3.05, 3.63) is 83.8 Å². The standard InChI is InChI=1S/C23H25FN6O/c1-16(15-29-18(3)12-17(2)27-29)13-25-22(31)19-14-26-30(21-9-5-4-8-20(21)24)23(19)28-10-6-7-11-28/h4-12,14,16H,13,15H2,1-3H3,(H,25,31). The van der Waals surface area contributed by atoms with Crippen molar-refractivity contribution in [2.45, 2.75) is 27.3 Å². The molecular weight excluding hydrogens is 395 g/mol. The van der Waals surface area contributed by atoms with Crippen LogP contribution in [0.2, 0.25) is 0 Å². The Morgan fingerprint density at radius 1 is 1.16 bits per heavy atom. The van der Waals surface area contributed by atoms with E-state index in [9.17, 15) is 9.18 Å². The van der Waals surface area contributed by atoms with E-state index in [2.05, 4.69) is 22.4 Å². The first-order valence-electron chi connectivity index (χ1n) is 10.2. The van der Waals surface area contributed by atoms with Gasteiger partial charge in [0.05, 0.1) is 11.9 Å². The number of carbonyl (C=O) groups is 1. The zero-order chi connectivity index (χ0) is 22.0. The fourth-order valence-corrected chi connectivity index (χ4v) is 3.61. The molecule has 1 amide bonds. The first-order chi connectivity index (χ1) is 14.9. The molecule has 0 saturated carbocycles. The number of carbonyl (C=O) groups excluding carboxylic acids is 1. The van der Waals surface area contributed by atoms with Gasteiger partial charge in [-0.05, 0) is 50.1 Å². The molecule has 1 unspecified atom stereocenters. The van der Waals surface area contributed by atoms with Gasteiger partial charge in [0, 0.05) is 31.2 Å². The minimum Gasteiger partial charge on any atom is -0.352 e. The maximum absolute atomic E-state index is 14.4. The van der Waals surface area contributed by atoms with E-state index < -0.39 is 5.82 Å². The molecule has 0 aliphatic carbocycles. The Morgan fingerprint density at radius 3 is 2.58 bits per heavy atom. The van der Waals surface area contributed by atoms with Gasteiger partial charge in [-0.2, -0.15) is 10.2 Å². The lowest BCUT2D eigenvalue weighted by Crippen LogP contribution is -2.31. The van der Waals surface area contributed by atoms with E-state index in [4.69, 9.17) is 0 Å². The van der Waals surface area contributed by atoms with E-state index in [1.807, 2.05) is 36.7 Å². The van der Waals surface area contributed by atoms with Gasteiger partial charge in [-0.15, -0.1) is 0 Å². The lowest BCUT2D eigenvalue weighted by Gasteiger charge is -2.15. The van der Waals surface area contributed by atoms with Gasteiger partial charge in [0.15, 0.2) is 5.82 Å². The maximum atomic E-state index is 14.4. The predicted molar refractivity (Wildman–Crippen MR) is 116 cm³/mol. The smallest absolute Gasteiger partial charge is 0.256 e. The van der Waals surface area contributed by atoms with Gasteiger partial charge in [-0.3, -0.25) is 9.48 Å². The largest absolute Gasteiger partial charge is 0.352 e. The molecule has 0 radical (unpaired) electrons. The number of aromatic nitrogens is 5. The first-order valence-corrected chi connectivity index (χ1v) is 10.2. The van der Waals surface area contributed by atoms with Gasteiger partial charge in [-0.1, -0.05) is 19.1 Å². The van der Waals surface area contributed by atoms with Crippen LogP contribution in [0.4, 0.5) is 4.39 Å². The lowest BCUT2D eigenvalue weighted by molar-refractivity contribution is 0.0946. The number of hydrogen-bond acceptors (Lipinski definition) is 3. The monoisotopic (exact) mass is 420 g/mol. The van der Waals surface area contributed by atoms with Crippen LogP contribution in [0.15, 0.2) is 61.1 Å². The molecule has 0 saturated heterocycles. The summed E-state index contributed by atoms with van der Waals surface area (Å²) < 4.78 is 19.6. The number of benzene rings is 1. The highest BCUT2D eigenvalue weighted by Crippen LogP contribution is 2.21. The molecule has 0 aliphatic heterocycles. The van der Waals surface area contributed by atoms with Gasteiger partial charge >= 0.3 is 0 Å². The van der Waals surface area contributed by atoms with Crippen molar-refractivity contribution in [1.82, 2.24) is 29.4 Å². The molecule has 4 rings (SSSR count). The van der Waals surface area contributed by atoms with E-state index >= 15 is 0 Å². The van der Waals surface area contributed by atoms with Crippen LogP contribution in [0.5, 0.6) is 0 Å². The Hall–Kier alpha value is -3.68. The van der Waals surface area contributed by atoms with Crippen LogP contribution in [0, 0.1) is 25.6 Å². The highest BCUT2D eigenvalue weighted by atomic mass is 19.1. The SMILES string of the molecule is Cc1cc(C)n(CC(C)CNC(=O)c2cnn(-c3ccccc3F)c2-n2cccc2)n1. The average molecular weight is 420 g/mol. The second kappa shape index (κ2) is 8.59. The molecule has 0 spiro atoms. The maximum Gasteiger partial charge on any atom is 0.256 e. The van der Waals surface area contributed by atoms with Gasteiger partial charge in [0.2, 0.25) is 0 Å². The van der Waals surface area contributed by atoms with Gasteiger partial charge < -0.3 is 9.88 Å². The quantitative estimate of drug-likeness (QED) is 0.496. The normalized spacial score (nSPS) is 12.1. The van der Waals surface area contributed by atoms with Crippen molar-refractivity contribution < 1.29 is 9.18 Å². The van der Waals surface area contributed by atoms with Crippen molar-refractivity contribution in [3.8, 4) is 11.5 Å². The minimum atomic E-state index is -0.413. The summed E-state index contributed by atoms with van der Waals surface area (Å²) in [4.78, 5) is 13.0. The molecule has 3 aromatic heterocycles. The number of hydrogen-bond donors (Lipinski definition) is 1. The molecule has 31 heavy (non-hydrogen) atoms. The van der Waals surface area contributed by atoms with Crippen molar-refractivity contribution in [1.29, 1.82) is 0 Å². The summed E-state index contributed by atoms with van der Waals surface area (Å²) in [5.41, 5.74) is 2.73. The Morgan fingerprint density at radius 2 is 1.90 bits per heavy atom. The summed E-state index contributed by atoms with van der Waals surface area (Å²) in [5.74, 6) is -0.00614. The van der Waals surface area contributed by atoms with Crippen LogP contribution < -0.4 is 5.32 Å². The van der Waals surface area contributed by atoms with Crippen LogP contribution in [-0.4, -0.2) is 36.6 Å². The lowest BCUT2D eigenvalue weighted by atomic mass is 10.1. The Labute approximate surface area is 180 Å². The van der Waals surface area contributed by atoms with Crippen LogP contribution in [0.25, 0.3) is 11.5 Å². The Bertz CT molecular complexity index is 1190. The van der Waals surface area contributed by atoms with E-state index in [-0.39, 0.29) is 17.5 Å². The van der Waals surface area contributed by atoms with Crippen LogP contribution in [0.3, 0.4) is 0 Å². The fourth-order valence-electron chi connectivity index (χ4n) is 3.61. The van der Waals surface area contributed by atoms with Gasteiger partial charge in [0.1, 0.15) is 17.1 Å². The Balaban J connectivity index is 1.56. The summed E-state index contributed by atoms with van der Waals surface area (Å²) in [7, 11) is 0. The third-order valence-electron chi connectivity index (χ3n) is 5.12. The van der Waals surface area contributed by atoms with E-state index in [1.54, 1.807) is 35.2 Å². The second-order valence-corrected chi connectivity index (χ2v) is 7.76. The zero-order valence-corrected chi connectivity index (χ0v) is 17.8. The average Bonchev–Trinajstić information content (AvgIpc) is 3.47. The molecule has 0 fully saturated rings. The third kappa shape index (κ3) is 4.28. The van der Waals surface area contributed by atoms with Crippen LogP contribution >= 0.6 is 0 Å². The molecule has 1 N–H and O–H groups in total. The van der Waals surface area contributed by atoms with Crippen molar-refractivity contribution in [2.75, 3.05) is 6.54 Å². The van der Waals surface area contributed by atoms with Gasteiger partial charge in [-0.25, -0.2) is 9.07 Å². The van der Waals surface area contributed by atoms with E-state index in [0.29, 0.717) is 24.5 Å². The van der Waals surface area contributed by atoms with Crippen molar-refractivity contribution in [2.24, 2.45) is 5.92 Å². The molecule has 3 heterocycles. The molecule has 1 aromatic carbocycles. The zero-order valence-electron chi connectivity index (χ0n) is 17.8.